The summed E-state index contributed by atoms with van der Waals surface area (Å²) in [6.07, 6.45) is -1.39. The minimum absolute atomic E-state index is 0.155. The molecule has 0 bridgehead atoms. The number of amides is 1. The summed E-state index contributed by atoms with van der Waals surface area (Å²) in [7, 11) is 0. The molecule has 4 aromatic rings. The number of ether oxygens (including phenoxy) is 1. The molecule has 1 fully saturated rings. The molecule has 2 aromatic heterocycles. The SMILES string of the molecule is O=C(Cc1cn2c(C(O)C(O)CO)cc3cc(CN4CCOCC4)cc(c1=O)c32)NCc1ccc(Cl)cc1. The molecule has 4 N–H and O–H groups in total. The van der Waals surface area contributed by atoms with Gasteiger partial charge in [-0.15, -0.1) is 0 Å². The van der Waals surface area contributed by atoms with Crippen LogP contribution >= 0.6 is 11.6 Å². The molecule has 0 aliphatic carbocycles. The van der Waals surface area contributed by atoms with Crippen LogP contribution in [0.5, 0.6) is 0 Å². The second-order valence-corrected chi connectivity index (χ2v) is 10.1. The number of nitrogens with one attached hydrogen (secondary N) is 1. The van der Waals surface area contributed by atoms with E-state index in [0.717, 1.165) is 29.6 Å². The van der Waals surface area contributed by atoms with Gasteiger partial charge in [-0.3, -0.25) is 14.5 Å². The third-order valence-corrected chi connectivity index (χ3v) is 7.21. The maximum atomic E-state index is 13.6. The summed E-state index contributed by atoms with van der Waals surface area (Å²) in [6, 6.07) is 12.6. The first-order valence-corrected chi connectivity index (χ1v) is 12.9. The standard InChI is InChI=1S/C28H30ClN3O6/c29-21-3-1-17(2-4-21)13-30-25(35)12-20-15-32-23(28(37)24(34)16-33)11-19-9-18(10-22(26(19)32)27(20)36)14-31-5-7-38-8-6-31/h1-4,9-11,15,24,28,33-34,37H,5-8,12-14,16H2,(H,30,35). The number of hydrogen-bond acceptors (Lipinski definition) is 7. The van der Waals surface area contributed by atoms with E-state index in [0.29, 0.717) is 41.4 Å². The van der Waals surface area contributed by atoms with Crippen LogP contribution in [0.15, 0.2) is 53.5 Å². The Hall–Kier alpha value is -3.05. The number of benzene rings is 2. The van der Waals surface area contributed by atoms with Gasteiger partial charge in [0.2, 0.25) is 5.91 Å². The molecule has 1 amide bonds. The van der Waals surface area contributed by atoms with E-state index in [4.69, 9.17) is 16.3 Å². The Morgan fingerprint density at radius 1 is 1.08 bits per heavy atom. The highest BCUT2D eigenvalue weighted by molar-refractivity contribution is 6.30. The lowest BCUT2D eigenvalue weighted by Crippen LogP contribution is -2.35. The van der Waals surface area contributed by atoms with Crippen LogP contribution in [0.1, 0.15) is 28.5 Å². The van der Waals surface area contributed by atoms with Gasteiger partial charge < -0.3 is 29.8 Å². The van der Waals surface area contributed by atoms with E-state index in [1.807, 2.05) is 24.3 Å². The van der Waals surface area contributed by atoms with E-state index >= 15 is 0 Å². The summed E-state index contributed by atoms with van der Waals surface area (Å²) in [5, 5.41) is 34.9. The van der Waals surface area contributed by atoms with Gasteiger partial charge in [-0.2, -0.15) is 0 Å². The van der Waals surface area contributed by atoms with Crippen LogP contribution in [0.3, 0.4) is 0 Å². The second kappa shape index (κ2) is 11.4. The average molecular weight is 540 g/mol. The largest absolute Gasteiger partial charge is 0.394 e. The van der Waals surface area contributed by atoms with Gasteiger partial charge in [0.05, 0.1) is 37.5 Å². The molecule has 10 heteroatoms. The quantitative estimate of drug-likeness (QED) is 0.255. The predicted molar refractivity (Wildman–Crippen MR) is 144 cm³/mol. The van der Waals surface area contributed by atoms with Crippen molar-refractivity contribution in [1.29, 1.82) is 0 Å². The molecule has 5 rings (SSSR count). The van der Waals surface area contributed by atoms with Gasteiger partial charge in [-0.25, -0.2) is 0 Å². The van der Waals surface area contributed by atoms with Crippen molar-refractivity contribution in [1.82, 2.24) is 14.6 Å². The van der Waals surface area contributed by atoms with Gasteiger partial charge in [0, 0.05) is 53.7 Å². The minimum atomic E-state index is -1.40. The van der Waals surface area contributed by atoms with Crippen LogP contribution in [0, 0.1) is 0 Å². The molecule has 1 aliphatic heterocycles. The lowest BCUT2D eigenvalue weighted by molar-refractivity contribution is -0.120. The number of hydrogen-bond donors (Lipinski definition) is 4. The molecule has 38 heavy (non-hydrogen) atoms. The van der Waals surface area contributed by atoms with E-state index in [2.05, 4.69) is 10.2 Å². The zero-order valence-electron chi connectivity index (χ0n) is 20.8. The smallest absolute Gasteiger partial charge is 0.224 e. The summed E-state index contributed by atoms with van der Waals surface area (Å²) >= 11 is 5.92. The Morgan fingerprint density at radius 2 is 1.82 bits per heavy atom. The Morgan fingerprint density at radius 3 is 2.53 bits per heavy atom. The van der Waals surface area contributed by atoms with Gasteiger partial charge >= 0.3 is 0 Å². The molecule has 3 heterocycles. The molecule has 2 atom stereocenters. The van der Waals surface area contributed by atoms with Crippen LogP contribution < -0.4 is 10.7 Å². The minimum Gasteiger partial charge on any atom is -0.394 e. The van der Waals surface area contributed by atoms with Gasteiger partial charge in [0.15, 0.2) is 5.43 Å². The van der Waals surface area contributed by atoms with Crippen LogP contribution in [-0.2, 0) is 29.0 Å². The molecule has 2 unspecified atom stereocenters. The normalized spacial score (nSPS) is 16.2. The molecule has 0 spiro atoms. The van der Waals surface area contributed by atoms with Crippen LogP contribution in [-0.4, -0.2) is 69.5 Å². The summed E-state index contributed by atoms with van der Waals surface area (Å²) in [6.45, 7) is 3.17. The van der Waals surface area contributed by atoms with E-state index in [-0.39, 0.29) is 29.9 Å². The maximum absolute atomic E-state index is 13.6. The van der Waals surface area contributed by atoms with Crippen molar-refractivity contribution in [3.63, 3.8) is 0 Å². The van der Waals surface area contributed by atoms with Crippen LogP contribution in [0.4, 0.5) is 0 Å². The monoisotopic (exact) mass is 539 g/mol. The van der Waals surface area contributed by atoms with Gasteiger partial charge in [0.25, 0.3) is 0 Å². The number of morpholine rings is 1. The van der Waals surface area contributed by atoms with Crippen molar-refractivity contribution in [3.05, 3.63) is 86.3 Å². The number of aromatic nitrogens is 1. The summed E-state index contributed by atoms with van der Waals surface area (Å²) in [4.78, 5) is 28.7. The number of aliphatic hydroxyl groups is 3. The third-order valence-electron chi connectivity index (χ3n) is 6.96. The third kappa shape index (κ3) is 5.54. The predicted octanol–water partition coefficient (Wildman–Crippen LogP) is 1.62. The first kappa shape index (κ1) is 26.6. The van der Waals surface area contributed by atoms with Crippen molar-refractivity contribution < 1.29 is 24.9 Å². The van der Waals surface area contributed by atoms with Crippen molar-refractivity contribution in [2.45, 2.75) is 31.7 Å². The fraction of sp³-hybridized carbons (Fsp3) is 0.357. The molecule has 1 saturated heterocycles. The number of halogens is 1. The number of aliphatic hydroxyl groups excluding tert-OH is 3. The Bertz CT molecular complexity index is 1480. The van der Waals surface area contributed by atoms with E-state index in [9.17, 15) is 24.9 Å². The maximum Gasteiger partial charge on any atom is 0.224 e. The number of carbonyl (C=O) groups is 1. The Balaban J connectivity index is 1.51. The second-order valence-electron chi connectivity index (χ2n) is 9.67. The topological polar surface area (TPSA) is 124 Å². The first-order chi connectivity index (χ1) is 18.3. The van der Waals surface area contributed by atoms with E-state index < -0.39 is 18.8 Å². The van der Waals surface area contributed by atoms with Gasteiger partial charge in [0.1, 0.15) is 12.2 Å². The van der Waals surface area contributed by atoms with Crippen molar-refractivity contribution in [3.8, 4) is 0 Å². The van der Waals surface area contributed by atoms with E-state index in [1.54, 1.807) is 28.8 Å². The highest BCUT2D eigenvalue weighted by Crippen LogP contribution is 2.30. The van der Waals surface area contributed by atoms with Crippen molar-refractivity contribution in [2.24, 2.45) is 0 Å². The molecule has 1 aliphatic rings. The van der Waals surface area contributed by atoms with Crippen molar-refractivity contribution >= 4 is 33.8 Å². The molecule has 9 nitrogen and oxygen atoms in total. The lowest BCUT2D eigenvalue weighted by Gasteiger charge is -2.26. The average Bonchev–Trinajstić information content (AvgIpc) is 3.29. The number of carbonyl (C=O) groups excluding carboxylic acids is 1. The molecule has 200 valence electrons. The summed E-state index contributed by atoms with van der Waals surface area (Å²) in [5.41, 5.74) is 2.74. The van der Waals surface area contributed by atoms with E-state index in [1.165, 1.54) is 0 Å². The molecule has 0 saturated carbocycles. The molecular weight excluding hydrogens is 510 g/mol. The summed E-state index contributed by atoms with van der Waals surface area (Å²) < 4.78 is 7.09. The fourth-order valence-electron chi connectivity index (χ4n) is 4.95. The zero-order chi connectivity index (χ0) is 26.8. The summed E-state index contributed by atoms with van der Waals surface area (Å²) in [5.74, 6) is -0.326. The highest BCUT2D eigenvalue weighted by atomic mass is 35.5. The lowest BCUT2D eigenvalue weighted by atomic mass is 10.0. The Labute approximate surface area is 224 Å². The zero-order valence-corrected chi connectivity index (χ0v) is 21.5. The molecule has 0 radical (unpaired) electrons. The molecule has 2 aromatic carbocycles. The highest BCUT2D eigenvalue weighted by Gasteiger charge is 2.25. The fourth-order valence-corrected chi connectivity index (χ4v) is 5.08. The van der Waals surface area contributed by atoms with Gasteiger partial charge in [-0.05, 0) is 41.5 Å². The number of rotatable bonds is 9. The number of pyridine rings is 1. The molecular formula is C28H30ClN3O6. The van der Waals surface area contributed by atoms with Gasteiger partial charge in [-0.1, -0.05) is 23.7 Å². The Kier molecular flexibility index (Phi) is 7.94. The van der Waals surface area contributed by atoms with Crippen LogP contribution in [0.2, 0.25) is 5.02 Å². The van der Waals surface area contributed by atoms with Crippen LogP contribution in [0.25, 0.3) is 16.3 Å². The first-order valence-electron chi connectivity index (χ1n) is 12.6. The number of nitrogens with zero attached hydrogens (tertiary/aromatic N) is 2. The van der Waals surface area contributed by atoms with Crippen molar-refractivity contribution in [2.75, 3.05) is 32.9 Å².